The van der Waals surface area contributed by atoms with Crippen molar-refractivity contribution in [1.29, 1.82) is 5.26 Å². The molecule has 2 aromatic carbocycles. The topological polar surface area (TPSA) is 106 Å². The van der Waals surface area contributed by atoms with Gasteiger partial charge in [-0.25, -0.2) is 8.78 Å². The minimum absolute atomic E-state index is 0.179. The number of carbonyl (C=O) groups excluding carboxylic acids is 2. The zero-order chi connectivity index (χ0) is 29.2. The Labute approximate surface area is 237 Å². The monoisotopic (exact) mass is 558 g/mol. The van der Waals surface area contributed by atoms with E-state index in [4.69, 9.17) is 0 Å². The lowest BCUT2D eigenvalue weighted by Crippen LogP contribution is -2.55. The summed E-state index contributed by atoms with van der Waals surface area (Å²) in [5.74, 6) is -2.27. The molecule has 1 aromatic heterocycles. The quantitative estimate of drug-likeness (QED) is 0.440. The van der Waals surface area contributed by atoms with Gasteiger partial charge in [0.05, 0.1) is 28.5 Å². The number of imide groups is 1. The van der Waals surface area contributed by atoms with Crippen molar-refractivity contribution in [3.8, 4) is 6.07 Å². The van der Waals surface area contributed by atoms with Crippen LogP contribution in [-0.4, -0.2) is 39.9 Å². The zero-order valence-electron chi connectivity index (χ0n) is 23.1. The number of aliphatic hydroxyl groups is 1. The fourth-order valence-electron chi connectivity index (χ4n) is 6.63. The van der Waals surface area contributed by atoms with Crippen molar-refractivity contribution < 1.29 is 23.5 Å². The molecule has 3 heterocycles. The lowest BCUT2D eigenvalue weighted by Gasteiger charge is -2.50. The van der Waals surface area contributed by atoms with Crippen molar-refractivity contribution in [2.75, 3.05) is 13.1 Å². The number of pyridine rings is 1. The Kier molecular flexibility index (Phi) is 6.47. The van der Waals surface area contributed by atoms with Gasteiger partial charge in [-0.2, -0.15) is 5.26 Å². The Morgan fingerprint density at radius 1 is 1.12 bits per heavy atom. The predicted octanol–water partition coefficient (Wildman–Crippen LogP) is 4.71. The molecule has 7 nitrogen and oxygen atoms in total. The zero-order valence-corrected chi connectivity index (χ0v) is 23.1. The molecule has 6 rings (SSSR count). The van der Waals surface area contributed by atoms with Crippen LogP contribution in [-0.2, 0) is 27.1 Å². The van der Waals surface area contributed by atoms with Crippen molar-refractivity contribution in [2.24, 2.45) is 5.41 Å². The number of aromatic nitrogens is 1. The van der Waals surface area contributed by atoms with Crippen LogP contribution in [0.5, 0.6) is 0 Å². The second kappa shape index (κ2) is 9.68. The van der Waals surface area contributed by atoms with Crippen LogP contribution in [0.1, 0.15) is 74.1 Å². The summed E-state index contributed by atoms with van der Waals surface area (Å²) >= 11 is 0. The predicted molar refractivity (Wildman–Crippen MR) is 147 cm³/mol. The summed E-state index contributed by atoms with van der Waals surface area (Å²) in [4.78, 5) is 30.5. The number of carbonyl (C=O) groups is 2. The Hall–Kier alpha value is -3.74. The summed E-state index contributed by atoms with van der Waals surface area (Å²) in [6.45, 7) is 5.18. The molecule has 9 heteroatoms. The maximum atomic E-state index is 16.2. The lowest BCUT2D eigenvalue weighted by atomic mass is 9.66. The average Bonchev–Trinajstić information content (AvgIpc) is 3.72. The van der Waals surface area contributed by atoms with E-state index in [-0.39, 0.29) is 35.5 Å². The summed E-state index contributed by atoms with van der Waals surface area (Å²) in [5.41, 5.74) is -0.564. The molecule has 2 amide bonds. The molecule has 3 fully saturated rings. The summed E-state index contributed by atoms with van der Waals surface area (Å²) in [6.07, 6.45) is 3.70. The van der Waals surface area contributed by atoms with Crippen LogP contribution in [0.15, 0.2) is 42.6 Å². The van der Waals surface area contributed by atoms with Gasteiger partial charge < -0.3 is 5.11 Å². The number of nitrogens with one attached hydrogen (secondary N) is 1. The molecule has 3 aliphatic rings. The number of hydrogen-bond donors (Lipinski definition) is 2. The number of nitrogens with zero attached hydrogens (tertiary/aromatic N) is 3. The largest absolute Gasteiger partial charge is 0.384 e. The first-order valence-corrected chi connectivity index (χ1v) is 14.0. The van der Waals surface area contributed by atoms with Gasteiger partial charge in [-0.1, -0.05) is 32.0 Å². The van der Waals surface area contributed by atoms with Gasteiger partial charge in [0, 0.05) is 54.2 Å². The molecule has 0 unspecified atom stereocenters. The molecule has 2 N–H and O–H groups in total. The van der Waals surface area contributed by atoms with Gasteiger partial charge in [0.25, 0.3) is 0 Å². The summed E-state index contributed by atoms with van der Waals surface area (Å²) in [7, 11) is 0. The molecule has 2 aliphatic heterocycles. The Morgan fingerprint density at radius 2 is 1.88 bits per heavy atom. The minimum Gasteiger partial charge on any atom is -0.384 e. The summed E-state index contributed by atoms with van der Waals surface area (Å²) < 4.78 is 31.1. The number of nitriles is 1. The van der Waals surface area contributed by atoms with Crippen LogP contribution in [0.25, 0.3) is 10.9 Å². The highest BCUT2D eigenvalue weighted by atomic mass is 19.1. The highest BCUT2D eigenvalue weighted by Crippen LogP contribution is 2.49. The van der Waals surface area contributed by atoms with Crippen molar-refractivity contribution in [3.05, 3.63) is 76.5 Å². The normalized spacial score (nSPS) is 25.5. The van der Waals surface area contributed by atoms with E-state index < -0.39 is 34.1 Å². The molecule has 3 aromatic rings. The average molecular weight is 559 g/mol. The van der Waals surface area contributed by atoms with Crippen molar-refractivity contribution >= 4 is 22.7 Å². The highest BCUT2D eigenvalue weighted by molar-refractivity contribution is 6.01. The molecular weight excluding hydrogens is 526 g/mol. The number of amides is 2. The van der Waals surface area contributed by atoms with Crippen molar-refractivity contribution in [3.63, 3.8) is 0 Å². The van der Waals surface area contributed by atoms with Gasteiger partial charge in [0.2, 0.25) is 11.8 Å². The third-order valence-corrected chi connectivity index (χ3v) is 9.36. The Bertz CT molecular complexity index is 1630. The van der Waals surface area contributed by atoms with E-state index in [1.54, 1.807) is 30.5 Å². The fourth-order valence-corrected chi connectivity index (χ4v) is 6.63. The van der Waals surface area contributed by atoms with Crippen molar-refractivity contribution in [2.45, 2.75) is 69.4 Å². The van der Waals surface area contributed by atoms with Crippen molar-refractivity contribution in [1.82, 2.24) is 15.2 Å². The SMILES string of the molecule is CC1(C)CN(Cc2ccc(C3(C#N)CC3)c(F)c2)CC[C@@]1(O)c1ccc2ncc([C@H]3CCC(=O)NC3=O)cc2c1F. The van der Waals surface area contributed by atoms with Gasteiger partial charge in [-0.15, -0.1) is 0 Å². The molecule has 0 spiro atoms. The molecule has 0 bridgehead atoms. The Morgan fingerprint density at radius 3 is 2.54 bits per heavy atom. The first kappa shape index (κ1) is 27.4. The van der Waals surface area contributed by atoms with E-state index in [1.165, 1.54) is 6.07 Å². The maximum absolute atomic E-state index is 16.2. The van der Waals surface area contributed by atoms with Crippen LogP contribution in [0.2, 0.25) is 0 Å². The number of benzene rings is 2. The molecule has 2 atom stereocenters. The molecule has 0 radical (unpaired) electrons. The number of halogens is 2. The smallest absolute Gasteiger partial charge is 0.234 e. The second-order valence-electron chi connectivity index (χ2n) is 12.5. The molecule has 41 heavy (non-hydrogen) atoms. The molecule has 1 saturated carbocycles. The Balaban J connectivity index is 1.24. The highest BCUT2D eigenvalue weighted by Gasteiger charge is 2.50. The molecule has 2 saturated heterocycles. The summed E-state index contributed by atoms with van der Waals surface area (Å²) in [5, 5.41) is 24.0. The third-order valence-electron chi connectivity index (χ3n) is 9.36. The molecule has 1 aliphatic carbocycles. The molecular formula is C32H32F2N4O3. The van der Waals surface area contributed by atoms with E-state index in [0.717, 1.165) is 5.56 Å². The number of fused-ring (bicyclic) bond motifs is 1. The standard InChI is InChI=1S/C32H32F2N4O3/c1-30(2)18-38(16-19-3-5-23(25(33)13-19)31(17-35)9-10-31)12-11-32(30,41)24-6-7-26-22(28(24)34)14-20(15-36-26)21-4-8-27(39)37-29(21)40/h3,5-7,13-15,21,41H,4,8-12,16,18H2,1-2H3,(H,37,39,40)/t21-,32-/m1/s1. The molecule has 212 valence electrons. The maximum Gasteiger partial charge on any atom is 0.234 e. The number of piperidine rings is 2. The number of hydrogen-bond acceptors (Lipinski definition) is 6. The van der Waals surface area contributed by atoms with Gasteiger partial charge in [0.1, 0.15) is 11.6 Å². The van der Waals surface area contributed by atoms with Crippen LogP contribution in [0.4, 0.5) is 8.78 Å². The van der Waals surface area contributed by atoms with Gasteiger partial charge in [-0.05, 0) is 55.0 Å². The van der Waals surface area contributed by atoms with E-state index in [2.05, 4.69) is 21.3 Å². The first-order valence-electron chi connectivity index (χ1n) is 14.0. The van der Waals surface area contributed by atoms with Gasteiger partial charge in [-0.3, -0.25) is 24.8 Å². The van der Waals surface area contributed by atoms with Crippen LogP contribution < -0.4 is 5.32 Å². The van der Waals surface area contributed by atoms with Gasteiger partial charge in [0.15, 0.2) is 0 Å². The minimum atomic E-state index is -1.48. The van der Waals surface area contributed by atoms with Gasteiger partial charge >= 0.3 is 0 Å². The lowest BCUT2D eigenvalue weighted by molar-refractivity contribution is -0.134. The third kappa shape index (κ3) is 4.59. The first-order chi connectivity index (χ1) is 19.5. The fraction of sp³-hybridized carbons (Fsp3) is 0.438. The number of likely N-dealkylation sites (tertiary alicyclic amines) is 1. The van der Waals surface area contributed by atoms with E-state index >= 15 is 4.39 Å². The van der Waals surface area contributed by atoms with E-state index in [1.807, 2.05) is 19.9 Å². The summed E-state index contributed by atoms with van der Waals surface area (Å²) in [6, 6.07) is 12.2. The van der Waals surface area contributed by atoms with E-state index in [9.17, 15) is 24.3 Å². The van der Waals surface area contributed by atoms with E-state index in [0.29, 0.717) is 55.5 Å². The van der Waals surface area contributed by atoms with Crippen LogP contribution in [0, 0.1) is 28.4 Å². The van der Waals surface area contributed by atoms with Crippen LogP contribution >= 0.6 is 0 Å². The van der Waals surface area contributed by atoms with Crippen LogP contribution in [0.3, 0.4) is 0 Å². The number of rotatable bonds is 5. The second-order valence-corrected chi connectivity index (χ2v) is 12.5.